The lowest BCUT2D eigenvalue weighted by molar-refractivity contribution is -0.161. The number of carbonyl (C=O) groups excluding carboxylic acids is 2. The maximum absolute atomic E-state index is 13.0. The van der Waals surface area contributed by atoms with Gasteiger partial charge in [-0.05, 0) is 23.3 Å². The lowest BCUT2D eigenvalue weighted by atomic mass is 10.0. The van der Waals surface area contributed by atoms with E-state index in [9.17, 15) is 19.5 Å². The predicted octanol–water partition coefficient (Wildman–Crippen LogP) is 5.19. The highest BCUT2D eigenvalue weighted by Gasteiger charge is 2.39. The molecule has 0 saturated heterocycles. The summed E-state index contributed by atoms with van der Waals surface area (Å²) in [4.78, 5) is 37.5. The molecule has 9 heteroatoms. The number of rotatable bonds is 8. The molecule has 2 atom stereocenters. The van der Waals surface area contributed by atoms with E-state index < -0.39 is 33.7 Å². The molecule has 166 valence electrons. The highest BCUT2D eigenvalue weighted by atomic mass is 35.6. The zero-order valence-corrected chi connectivity index (χ0v) is 18.8. The third kappa shape index (κ3) is 5.71. The van der Waals surface area contributed by atoms with Gasteiger partial charge in [-0.2, -0.15) is 0 Å². The Morgan fingerprint density at radius 1 is 0.906 bits per heavy atom. The highest BCUT2D eigenvalue weighted by Crippen LogP contribution is 2.32. The van der Waals surface area contributed by atoms with E-state index in [0.717, 1.165) is 10.1 Å². The van der Waals surface area contributed by atoms with Crippen LogP contribution in [0.1, 0.15) is 33.8 Å². The van der Waals surface area contributed by atoms with Crippen molar-refractivity contribution in [3.8, 4) is 0 Å². The minimum atomic E-state index is -2.32. The van der Waals surface area contributed by atoms with Gasteiger partial charge in [0.2, 0.25) is 11.8 Å². The van der Waals surface area contributed by atoms with Crippen molar-refractivity contribution < 1.29 is 24.2 Å². The van der Waals surface area contributed by atoms with E-state index in [4.69, 9.17) is 39.5 Å². The maximum Gasteiger partial charge on any atom is 0.341 e. The number of carboxylic acid groups (broad SMARTS) is 1. The zero-order chi connectivity index (χ0) is 23.3. The fourth-order valence-electron chi connectivity index (χ4n) is 3.22. The molecule has 1 N–H and O–H groups in total. The number of aromatic nitrogens is 1. The number of ketones is 1. The molecule has 0 aliphatic heterocycles. The van der Waals surface area contributed by atoms with Crippen molar-refractivity contribution in [2.45, 2.75) is 22.4 Å². The van der Waals surface area contributed by atoms with Gasteiger partial charge in [0.1, 0.15) is 6.10 Å². The summed E-state index contributed by atoms with van der Waals surface area (Å²) < 4.78 is 4.27. The van der Waals surface area contributed by atoms with Gasteiger partial charge in [0.05, 0.1) is 5.69 Å². The Balaban J connectivity index is 1.93. The van der Waals surface area contributed by atoms with Crippen LogP contribution in [0.5, 0.6) is 0 Å². The van der Waals surface area contributed by atoms with Gasteiger partial charge < -0.3 is 14.4 Å². The number of carboxylic acids is 1. The van der Waals surface area contributed by atoms with Crippen LogP contribution in [-0.2, 0) is 20.7 Å². The fraction of sp³-hybridized carbons (Fsp3) is 0.174. The molecule has 1 aromatic heterocycles. The normalized spacial score (nSPS) is 13.2. The first-order chi connectivity index (χ1) is 15.2. The molecule has 3 rings (SSSR count). The molecule has 0 bridgehead atoms. The van der Waals surface area contributed by atoms with Crippen LogP contribution in [0, 0.1) is 0 Å². The summed E-state index contributed by atoms with van der Waals surface area (Å²) >= 11 is 17.0. The van der Waals surface area contributed by atoms with Crippen molar-refractivity contribution in [3.05, 3.63) is 95.8 Å². The number of ether oxygens (including phenoxy) is 1. The molecule has 2 aromatic carbocycles. The Kier molecular flexibility index (Phi) is 7.61. The molecule has 0 saturated carbocycles. The lowest BCUT2D eigenvalue weighted by Crippen LogP contribution is -2.33. The van der Waals surface area contributed by atoms with E-state index in [-0.39, 0.29) is 5.69 Å². The zero-order valence-electron chi connectivity index (χ0n) is 16.5. The Morgan fingerprint density at radius 3 is 2.06 bits per heavy atom. The third-order valence-corrected chi connectivity index (χ3v) is 5.21. The number of benzene rings is 2. The Bertz CT molecular complexity index is 1090. The lowest BCUT2D eigenvalue weighted by Gasteiger charge is -2.23. The molecular weight excluding hydrogens is 477 g/mol. The van der Waals surface area contributed by atoms with Crippen LogP contribution < -0.4 is 0 Å². The van der Waals surface area contributed by atoms with Gasteiger partial charge in [0, 0.05) is 12.6 Å². The summed E-state index contributed by atoms with van der Waals surface area (Å²) in [6.45, 7) is 0. The summed E-state index contributed by atoms with van der Waals surface area (Å²) in [5, 5.41) is 9.77. The maximum atomic E-state index is 13.0. The van der Waals surface area contributed by atoms with Crippen LogP contribution in [0.25, 0.3) is 0 Å². The van der Waals surface area contributed by atoms with E-state index in [2.05, 4.69) is 0 Å². The Labute approximate surface area is 199 Å². The van der Waals surface area contributed by atoms with Crippen molar-refractivity contribution in [3.63, 3.8) is 0 Å². The van der Waals surface area contributed by atoms with E-state index in [1.165, 1.54) is 18.3 Å². The Hall–Kier alpha value is -2.80. The molecule has 0 amide bonds. The molecule has 1 heterocycles. The Morgan fingerprint density at radius 2 is 1.50 bits per heavy atom. The van der Waals surface area contributed by atoms with Crippen molar-refractivity contribution in [2.24, 2.45) is 0 Å². The number of aliphatic carboxylic acids is 1. The number of nitrogens with zero attached hydrogens (tertiary/aromatic N) is 1. The van der Waals surface area contributed by atoms with Gasteiger partial charge >= 0.3 is 11.9 Å². The second-order valence-corrected chi connectivity index (χ2v) is 9.18. The number of hydrogen-bond acceptors (Lipinski definition) is 4. The van der Waals surface area contributed by atoms with Gasteiger partial charge in [-0.15, -0.1) is 0 Å². The summed E-state index contributed by atoms with van der Waals surface area (Å²) in [6, 6.07) is 19.1. The minimum Gasteiger partial charge on any atom is -0.479 e. The monoisotopic (exact) mass is 493 g/mol. The summed E-state index contributed by atoms with van der Waals surface area (Å²) in [7, 11) is 0. The minimum absolute atomic E-state index is 0.242. The first kappa shape index (κ1) is 23.9. The van der Waals surface area contributed by atoms with Crippen LogP contribution in [0.3, 0.4) is 0 Å². The highest BCUT2D eigenvalue weighted by molar-refractivity contribution is 6.77. The second-order valence-electron chi connectivity index (χ2n) is 6.89. The largest absolute Gasteiger partial charge is 0.479 e. The van der Waals surface area contributed by atoms with Gasteiger partial charge in [0.15, 0.2) is 0 Å². The van der Waals surface area contributed by atoms with E-state index in [0.29, 0.717) is 12.0 Å². The van der Waals surface area contributed by atoms with Crippen molar-refractivity contribution in [2.75, 3.05) is 0 Å². The van der Waals surface area contributed by atoms with E-state index >= 15 is 0 Å². The van der Waals surface area contributed by atoms with Gasteiger partial charge in [-0.3, -0.25) is 4.79 Å². The number of halogens is 3. The van der Waals surface area contributed by atoms with Crippen LogP contribution in [0.15, 0.2) is 79.0 Å². The number of esters is 1. The summed E-state index contributed by atoms with van der Waals surface area (Å²) in [5.74, 6) is -3.54. The van der Waals surface area contributed by atoms with Gasteiger partial charge in [-0.1, -0.05) is 95.5 Å². The number of alkyl halides is 3. The van der Waals surface area contributed by atoms with Crippen LogP contribution >= 0.6 is 34.8 Å². The molecule has 32 heavy (non-hydrogen) atoms. The molecule has 3 aromatic rings. The smallest absolute Gasteiger partial charge is 0.341 e. The molecule has 0 aliphatic rings. The topological polar surface area (TPSA) is 85.6 Å². The quantitative estimate of drug-likeness (QED) is 0.201. The average Bonchev–Trinajstić information content (AvgIpc) is 3.22. The molecule has 0 spiro atoms. The summed E-state index contributed by atoms with van der Waals surface area (Å²) in [6.07, 6.45) is 0.822. The molecule has 6 nitrogen and oxygen atoms in total. The van der Waals surface area contributed by atoms with Gasteiger partial charge in [0.25, 0.3) is 3.79 Å². The number of Topliss-reactive ketones (excluding diaryl/α,β-unsaturated/α-hetero) is 1. The van der Waals surface area contributed by atoms with Crippen molar-refractivity contribution >= 4 is 52.5 Å². The van der Waals surface area contributed by atoms with Gasteiger partial charge in [-0.25, -0.2) is 9.59 Å². The van der Waals surface area contributed by atoms with Crippen LogP contribution in [-0.4, -0.2) is 31.2 Å². The SMILES string of the molecule is O=C(O)C(C(=O)OC(Cc1ccccc1)c1ccccc1)n1cccc1C(=O)C(Cl)(Cl)Cl. The van der Waals surface area contributed by atoms with E-state index in [1.807, 2.05) is 36.4 Å². The number of carbonyl (C=O) groups is 3. The number of hydrogen-bond donors (Lipinski definition) is 1. The van der Waals surface area contributed by atoms with Crippen LogP contribution in [0.4, 0.5) is 0 Å². The molecule has 0 aliphatic carbocycles. The van der Waals surface area contributed by atoms with Crippen LogP contribution in [0.2, 0.25) is 0 Å². The molecule has 2 unspecified atom stereocenters. The fourth-order valence-corrected chi connectivity index (χ4v) is 3.51. The first-order valence-corrected chi connectivity index (χ1v) is 10.6. The standard InChI is InChI=1S/C23H18Cl3NO5/c24-23(25,26)20(28)17-12-7-13-27(17)19(21(29)30)22(31)32-18(16-10-5-2-6-11-16)14-15-8-3-1-4-9-15/h1-13,18-19H,14H2,(H,29,30). The molecule has 0 radical (unpaired) electrons. The predicted molar refractivity (Wildman–Crippen MR) is 121 cm³/mol. The summed E-state index contributed by atoms with van der Waals surface area (Å²) in [5.41, 5.74) is 1.35. The van der Waals surface area contributed by atoms with Crippen molar-refractivity contribution in [1.29, 1.82) is 0 Å². The third-order valence-electron chi connectivity index (χ3n) is 4.70. The second kappa shape index (κ2) is 10.2. The van der Waals surface area contributed by atoms with E-state index in [1.54, 1.807) is 24.3 Å². The first-order valence-electron chi connectivity index (χ1n) is 9.49. The molecular formula is C23H18Cl3NO5. The average molecular weight is 495 g/mol. The van der Waals surface area contributed by atoms with Crippen molar-refractivity contribution in [1.82, 2.24) is 4.57 Å². The molecule has 0 fully saturated rings.